The number of nitrogens with zero attached hydrogens (tertiary/aromatic N) is 4. The fourth-order valence-corrected chi connectivity index (χ4v) is 4.17. The molecule has 0 amide bonds. The van der Waals surface area contributed by atoms with E-state index in [9.17, 15) is 44.7 Å². The summed E-state index contributed by atoms with van der Waals surface area (Å²) in [5.41, 5.74) is -5.81. The smallest absolute Gasteiger partial charge is 0.378 e. The number of nitrogens with one attached hydrogen (secondary N) is 2. The first kappa shape index (κ1) is 31.5. The minimum Gasteiger partial charge on any atom is -0.378 e. The average molecular weight is 622 g/mol. The van der Waals surface area contributed by atoms with Crippen molar-refractivity contribution >= 4 is 16.5 Å². The lowest BCUT2D eigenvalue weighted by molar-refractivity contribution is -0.138. The summed E-state index contributed by atoms with van der Waals surface area (Å²) < 4.78 is 126. The quantitative estimate of drug-likeness (QED) is 0.224. The van der Waals surface area contributed by atoms with Crippen molar-refractivity contribution in [2.75, 3.05) is 11.9 Å². The minimum absolute atomic E-state index is 0.168. The molecule has 9 nitrogen and oxygen atoms in total. The van der Waals surface area contributed by atoms with Crippen molar-refractivity contribution in [2.45, 2.75) is 44.4 Å². The number of aromatic nitrogens is 5. The first-order valence-corrected chi connectivity index (χ1v) is 12.1. The Kier molecular flexibility index (Phi) is 9.37. The summed E-state index contributed by atoms with van der Waals surface area (Å²) in [7, 11) is 0. The lowest BCUT2D eigenvalue weighted by Gasteiger charge is -2.23. The van der Waals surface area contributed by atoms with Gasteiger partial charge in [0.2, 0.25) is 0 Å². The van der Waals surface area contributed by atoms with Gasteiger partial charge in [0, 0.05) is 25.0 Å². The van der Waals surface area contributed by atoms with E-state index in [1.165, 1.54) is 12.1 Å². The number of pyridine rings is 1. The molecule has 0 saturated carbocycles. The molecule has 0 aliphatic heterocycles. The van der Waals surface area contributed by atoms with Gasteiger partial charge in [-0.25, -0.2) is 32.6 Å². The Morgan fingerprint density at radius 2 is 1.72 bits per heavy atom. The molecule has 3 heterocycles. The van der Waals surface area contributed by atoms with E-state index >= 15 is 4.39 Å². The topological polar surface area (TPSA) is 115 Å². The Labute approximate surface area is 234 Å². The summed E-state index contributed by atoms with van der Waals surface area (Å²) >= 11 is 0. The number of benzene rings is 1. The normalized spacial score (nSPS) is 13.6. The number of H-pyrrole nitrogens is 1. The lowest BCUT2D eigenvalue weighted by Crippen LogP contribution is -2.35. The van der Waals surface area contributed by atoms with Crippen LogP contribution in [0.4, 0.5) is 45.2 Å². The molecule has 0 aliphatic rings. The Bertz CT molecular complexity index is 1690. The van der Waals surface area contributed by atoms with E-state index in [1.807, 2.05) is 0 Å². The van der Waals surface area contributed by atoms with Crippen LogP contribution in [0.3, 0.4) is 0 Å². The van der Waals surface area contributed by atoms with Crippen LogP contribution >= 0.6 is 0 Å². The van der Waals surface area contributed by atoms with E-state index in [0.717, 1.165) is 29.2 Å². The first-order chi connectivity index (χ1) is 20.2. The standard InChI is InChI=1S/C25H19F9N6O3/c26-13(4-14(10-43-24(30)31)38-18-8-37-39-22(41)19(18)25(32,33)34)9-40-2-1-11-3-16(17(27)5-15(11)23(40)42)21-35-6-12(7-36-21)20(28)29/h1-3,5-8,13-14,20,24H,4,9-10H2,(H2,38,39,41)/t13-,14+/m1/s1. The number of halogens is 9. The number of hydrogen-bond donors (Lipinski definition) is 2. The fraction of sp³-hybridized carbons (Fsp3) is 0.320. The van der Waals surface area contributed by atoms with Crippen LogP contribution < -0.4 is 16.4 Å². The second kappa shape index (κ2) is 12.8. The zero-order valence-corrected chi connectivity index (χ0v) is 21.4. The van der Waals surface area contributed by atoms with Crippen molar-refractivity contribution in [3.8, 4) is 11.4 Å². The summed E-state index contributed by atoms with van der Waals surface area (Å²) in [4.78, 5) is 32.1. The summed E-state index contributed by atoms with van der Waals surface area (Å²) in [5.74, 6) is -1.21. The van der Waals surface area contributed by atoms with Gasteiger partial charge in [-0.3, -0.25) is 9.59 Å². The maximum absolute atomic E-state index is 15.1. The fourth-order valence-electron chi connectivity index (χ4n) is 4.17. The van der Waals surface area contributed by atoms with Gasteiger partial charge in [0.25, 0.3) is 17.5 Å². The predicted molar refractivity (Wildman–Crippen MR) is 133 cm³/mol. The molecule has 0 radical (unpaired) electrons. The van der Waals surface area contributed by atoms with Gasteiger partial charge in [-0.2, -0.15) is 27.1 Å². The van der Waals surface area contributed by atoms with Crippen molar-refractivity contribution in [2.24, 2.45) is 0 Å². The maximum atomic E-state index is 15.1. The van der Waals surface area contributed by atoms with Crippen LogP contribution in [-0.4, -0.2) is 50.2 Å². The van der Waals surface area contributed by atoms with E-state index in [4.69, 9.17) is 0 Å². The van der Waals surface area contributed by atoms with Gasteiger partial charge in [0.15, 0.2) is 5.82 Å². The number of anilines is 1. The van der Waals surface area contributed by atoms with Gasteiger partial charge in [0.1, 0.15) is 17.6 Å². The third kappa shape index (κ3) is 7.49. The number of hydrogen-bond acceptors (Lipinski definition) is 7. The molecule has 4 aromatic rings. The molecule has 0 fully saturated rings. The van der Waals surface area contributed by atoms with Gasteiger partial charge in [0.05, 0.1) is 47.6 Å². The van der Waals surface area contributed by atoms with Crippen molar-refractivity contribution < 1.29 is 44.3 Å². The SMILES string of the molecule is O=c1[nH]ncc(N[C@H](COC(F)F)C[C@@H](F)Cn2ccc3cc(-c4ncc(C(F)F)cn4)c(F)cc3c2=O)c1C(F)(F)F. The monoisotopic (exact) mass is 622 g/mol. The molecule has 2 atom stereocenters. The van der Waals surface area contributed by atoms with E-state index in [-0.39, 0.29) is 22.2 Å². The van der Waals surface area contributed by atoms with Crippen LogP contribution in [-0.2, 0) is 17.5 Å². The summed E-state index contributed by atoms with van der Waals surface area (Å²) in [5, 5.41) is 6.96. The van der Waals surface area contributed by atoms with Crippen LogP contribution in [0, 0.1) is 5.82 Å². The molecular formula is C25H19F9N6O3. The zero-order valence-electron chi connectivity index (χ0n) is 21.4. The molecule has 18 heteroatoms. The van der Waals surface area contributed by atoms with Crippen molar-refractivity contribution in [3.05, 3.63) is 80.6 Å². The summed E-state index contributed by atoms with van der Waals surface area (Å²) in [6.07, 6.45) is -7.46. The van der Waals surface area contributed by atoms with Gasteiger partial charge >= 0.3 is 12.8 Å². The number of fused-ring (bicyclic) bond motifs is 1. The molecule has 0 saturated heterocycles. The molecule has 0 unspecified atom stereocenters. The molecular weight excluding hydrogens is 603 g/mol. The van der Waals surface area contributed by atoms with Crippen LogP contribution in [0.1, 0.15) is 24.0 Å². The molecule has 2 N–H and O–H groups in total. The average Bonchev–Trinajstić information content (AvgIpc) is 2.92. The third-order valence-electron chi connectivity index (χ3n) is 6.09. The van der Waals surface area contributed by atoms with E-state index in [2.05, 4.69) is 25.1 Å². The summed E-state index contributed by atoms with van der Waals surface area (Å²) in [6.45, 7) is -5.05. The highest BCUT2D eigenvalue weighted by atomic mass is 19.4. The Morgan fingerprint density at radius 1 is 1.02 bits per heavy atom. The Balaban J connectivity index is 1.56. The van der Waals surface area contributed by atoms with Crippen LogP contribution in [0.2, 0.25) is 0 Å². The van der Waals surface area contributed by atoms with Gasteiger partial charge < -0.3 is 14.6 Å². The molecule has 0 bridgehead atoms. The highest BCUT2D eigenvalue weighted by Crippen LogP contribution is 2.32. The molecule has 0 aliphatic carbocycles. The summed E-state index contributed by atoms with van der Waals surface area (Å²) in [6, 6.07) is 1.78. The first-order valence-electron chi connectivity index (χ1n) is 12.1. The second-order valence-corrected chi connectivity index (χ2v) is 9.09. The van der Waals surface area contributed by atoms with E-state index in [0.29, 0.717) is 6.20 Å². The van der Waals surface area contributed by atoms with Crippen LogP contribution in [0.15, 0.2) is 52.6 Å². The predicted octanol–water partition coefficient (Wildman–Crippen LogP) is 5.09. The van der Waals surface area contributed by atoms with Gasteiger partial charge in [-0.15, -0.1) is 0 Å². The van der Waals surface area contributed by atoms with Crippen LogP contribution in [0.5, 0.6) is 0 Å². The largest absolute Gasteiger partial charge is 0.423 e. The third-order valence-corrected chi connectivity index (χ3v) is 6.09. The molecule has 230 valence electrons. The van der Waals surface area contributed by atoms with Gasteiger partial charge in [-0.05, 0) is 23.6 Å². The number of aromatic amines is 1. The second-order valence-electron chi connectivity index (χ2n) is 9.09. The van der Waals surface area contributed by atoms with E-state index < -0.39 is 84.7 Å². The number of ether oxygens (including phenoxy) is 1. The lowest BCUT2D eigenvalue weighted by atomic mass is 10.1. The molecule has 3 aromatic heterocycles. The van der Waals surface area contributed by atoms with Gasteiger partial charge in [-0.1, -0.05) is 0 Å². The Morgan fingerprint density at radius 3 is 2.35 bits per heavy atom. The molecule has 0 spiro atoms. The van der Waals surface area contributed by atoms with Crippen molar-refractivity contribution in [1.82, 2.24) is 24.7 Å². The molecule has 1 aromatic carbocycles. The highest BCUT2D eigenvalue weighted by Gasteiger charge is 2.38. The number of alkyl halides is 8. The Hall–Kier alpha value is -4.48. The van der Waals surface area contributed by atoms with Crippen molar-refractivity contribution in [3.63, 3.8) is 0 Å². The number of rotatable bonds is 11. The van der Waals surface area contributed by atoms with Crippen LogP contribution in [0.25, 0.3) is 22.2 Å². The van der Waals surface area contributed by atoms with E-state index in [1.54, 1.807) is 5.10 Å². The maximum Gasteiger partial charge on any atom is 0.423 e. The van der Waals surface area contributed by atoms with Crippen molar-refractivity contribution in [1.29, 1.82) is 0 Å². The molecule has 43 heavy (non-hydrogen) atoms. The zero-order chi connectivity index (χ0) is 31.5. The molecule has 4 rings (SSSR count). The highest BCUT2D eigenvalue weighted by molar-refractivity contribution is 5.86. The minimum atomic E-state index is -5.17.